The molecule has 1 N–H and O–H groups in total. The Balaban J connectivity index is 1.67. The van der Waals surface area contributed by atoms with Crippen LogP contribution in [0.5, 0.6) is 0 Å². The number of hydrogen-bond donors (Lipinski definition) is 1. The van der Waals surface area contributed by atoms with Crippen molar-refractivity contribution < 1.29 is 14.3 Å². The average Bonchev–Trinajstić information content (AvgIpc) is 3.04. The Labute approximate surface area is 169 Å². The lowest BCUT2D eigenvalue weighted by Gasteiger charge is -2.09. The molecule has 0 fully saturated rings. The molecule has 0 spiro atoms. The van der Waals surface area contributed by atoms with Crippen LogP contribution in [-0.2, 0) is 9.53 Å². The zero-order valence-corrected chi connectivity index (χ0v) is 17.2. The topological polar surface area (TPSA) is 86.1 Å². The van der Waals surface area contributed by atoms with E-state index < -0.39 is 18.5 Å². The van der Waals surface area contributed by atoms with Gasteiger partial charge >= 0.3 is 5.97 Å². The molecule has 0 atom stereocenters. The van der Waals surface area contributed by atoms with Gasteiger partial charge in [0.05, 0.1) is 11.4 Å². The van der Waals surface area contributed by atoms with Gasteiger partial charge in [-0.3, -0.25) is 4.79 Å². The van der Waals surface area contributed by atoms with Crippen molar-refractivity contribution in [1.82, 2.24) is 15.0 Å². The molecular weight excluding hydrogens is 368 g/mol. The van der Waals surface area contributed by atoms with Gasteiger partial charge in [-0.05, 0) is 63.4 Å². The third-order valence-corrected chi connectivity index (χ3v) is 4.54. The first-order valence-electron chi connectivity index (χ1n) is 9.30. The Hall–Kier alpha value is -3.48. The average molecular weight is 392 g/mol. The summed E-state index contributed by atoms with van der Waals surface area (Å²) in [6.07, 6.45) is 0. The molecule has 0 aliphatic heterocycles. The van der Waals surface area contributed by atoms with Crippen molar-refractivity contribution in [2.45, 2.75) is 34.6 Å². The van der Waals surface area contributed by atoms with Crippen LogP contribution in [0.1, 0.15) is 38.4 Å². The fourth-order valence-corrected chi connectivity index (χ4v) is 2.96. The van der Waals surface area contributed by atoms with Crippen molar-refractivity contribution in [3.05, 3.63) is 70.0 Å². The molecule has 7 heteroatoms. The summed E-state index contributed by atoms with van der Waals surface area (Å²) in [6, 6.07) is 11.6. The van der Waals surface area contributed by atoms with Crippen LogP contribution in [0, 0.1) is 34.6 Å². The number of esters is 1. The molecule has 1 aromatic heterocycles. The number of rotatable bonds is 5. The van der Waals surface area contributed by atoms with Crippen LogP contribution < -0.4 is 5.32 Å². The predicted molar refractivity (Wildman–Crippen MR) is 110 cm³/mol. The Bertz CT molecular complexity index is 1090. The van der Waals surface area contributed by atoms with Gasteiger partial charge in [0.1, 0.15) is 0 Å². The maximum atomic E-state index is 12.4. The number of aryl methyl sites for hydroxylation is 5. The number of amides is 1. The SMILES string of the molecule is Cc1ccc(-n2nc(C)c(C(=O)OCC(=O)Nc3cc(C)ccc3C)n2)c(C)c1. The summed E-state index contributed by atoms with van der Waals surface area (Å²) in [6.45, 7) is 9.08. The van der Waals surface area contributed by atoms with Crippen molar-refractivity contribution in [2.75, 3.05) is 11.9 Å². The minimum atomic E-state index is -0.686. The molecule has 0 bridgehead atoms. The second kappa shape index (κ2) is 8.26. The van der Waals surface area contributed by atoms with E-state index in [0.717, 1.165) is 27.9 Å². The molecule has 7 nitrogen and oxygen atoms in total. The molecule has 150 valence electrons. The second-order valence-electron chi connectivity index (χ2n) is 7.16. The van der Waals surface area contributed by atoms with Crippen LogP contribution >= 0.6 is 0 Å². The summed E-state index contributed by atoms with van der Waals surface area (Å²) in [7, 11) is 0. The van der Waals surface area contributed by atoms with Gasteiger partial charge in [-0.2, -0.15) is 9.90 Å². The molecule has 0 radical (unpaired) electrons. The Morgan fingerprint density at radius 1 is 0.931 bits per heavy atom. The molecule has 0 aliphatic rings. The molecule has 2 aromatic carbocycles. The Kier molecular flexibility index (Phi) is 5.77. The van der Waals surface area contributed by atoms with Crippen LogP contribution in [0.3, 0.4) is 0 Å². The molecule has 0 saturated heterocycles. The lowest BCUT2D eigenvalue weighted by Crippen LogP contribution is -2.22. The van der Waals surface area contributed by atoms with E-state index >= 15 is 0 Å². The minimum absolute atomic E-state index is 0.0875. The summed E-state index contributed by atoms with van der Waals surface area (Å²) in [5, 5.41) is 11.3. The van der Waals surface area contributed by atoms with Gasteiger partial charge in [-0.1, -0.05) is 29.8 Å². The summed E-state index contributed by atoms with van der Waals surface area (Å²) in [5.74, 6) is -1.10. The number of anilines is 1. The van der Waals surface area contributed by atoms with E-state index in [9.17, 15) is 9.59 Å². The van der Waals surface area contributed by atoms with E-state index in [4.69, 9.17) is 4.74 Å². The monoisotopic (exact) mass is 392 g/mol. The van der Waals surface area contributed by atoms with E-state index in [1.807, 2.05) is 64.1 Å². The highest BCUT2D eigenvalue weighted by atomic mass is 16.5. The normalized spacial score (nSPS) is 10.7. The van der Waals surface area contributed by atoms with E-state index in [1.54, 1.807) is 6.92 Å². The molecular formula is C22H24N4O3. The van der Waals surface area contributed by atoms with E-state index in [2.05, 4.69) is 15.5 Å². The van der Waals surface area contributed by atoms with Crippen LogP contribution in [0.2, 0.25) is 0 Å². The predicted octanol–water partition coefficient (Wildman–Crippen LogP) is 3.60. The highest BCUT2D eigenvalue weighted by Gasteiger charge is 2.20. The van der Waals surface area contributed by atoms with Gasteiger partial charge in [-0.15, -0.1) is 5.10 Å². The first-order valence-corrected chi connectivity index (χ1v) is 9.30. The van der Waals surface area contributed by atoms with Crippen molar-refractivity contribution in [2.24, 2.45) is 0 Å². The van der Waals surface area contributed by atoms with Crippen LogP contribution in [0.25, 0.3) is 5.69 Å². The number of carbonyl (C=O) groups excluding carboxylic acids is 2. The molecule has 0 unspecified atom stereocenters. The molecule has 0 aliphatic carbocycles. The molecule has 1 amide bonds. The first-order chi connectivity index (χ1) is 13.7. The van der Waals surface area contributed by atoms with Crippen molar-refractivity contribution in [1.29, 1.82) is 0 Å². The maximum absolute atomic E-state index is 12.4. The van der Waals surface area contributed by atoms with Gasteiger partial charge in [0.15, 0.2) is 12.3 Å². The minimum Gasteiger partial charge on any atom is -0.451 e. The van der Waals surface area contributed by atoms with Crippen molar-refractivity contribution in [3.8, 4) is 5.69 Å². The zero-order chi connectivity index (χ0) is 21.1. The fraction of sp³-hybridized carbons (Fsp3) is 0.273. The lowest BCUT2D eigenvalue weighted by atomic mass is 10.1. The molecule has 3 rings (SSSR count). The Morgan fingerprint density at radius 2 is 1.62 bits per heavy atom. The third kappa shape index (κ3) is 4.68. The summed E-state index contributed by atoms with van der Waals surface area (Å²) < 4.78 is 5.14. The number of ether oxygens (including phenoxy) is 1. The van der Waals surface area contributed by atoms with Crippen LogP contribution in [0.15, 0.2) is 36.4 Å². The van der Waals surface area contributed by atoms with Gasteiger partial charge in [0.2, 0.25) is 0 Å². The lowest BCUT2D eigenvalue weighted by molar-refractivity contribution is -0.119. The summed E-state index contributed by atoms with van der Waals surface area (Å²) in [4.78, 5) is 26.0. The quantitative estimate of drug-likeness (QED) is 0.671. The third-order valence-electron chi connectivity index (χ3n) is 4.54. The number of benzene rings is 2. The fourth-order valence-electron chi connectivity index (χ4n) is 2.96. The van der Waals surface area contributed by atoms with E-state index in [0.29, 0.717) is 11.4 Å². The number of aromatic nitrogens is 3. The van der Waals surface area contributed by atoms with Crippen LogP contribution in [-0.4, -0.2) is 33.5 Å². The van der Waals surface area contributed by atoms with Gasteiger partial charge < -0.3 is 10.1 Å². The Morgan fingerprint density at radius 3 is 2.34 bits per heavy atom. The second-order valence-corrected chi connectivity index (χ2v) is 7.16. The first kappa shape index (κ1) is 20.3. The zero-order valence-electron chi connectivity index (χ0n) is 17.2. The number of carbonyl (C=O) groups is 2. The smallest absolute Gasteiger partial charge is 0.361 e. The number of hydrogen-bond acceptors (Lipinski definition) is 5. The van der Waals surface area contributed by atoms with Crippen molar-refractivity contribution in [3.63, 3.8) is 0 Å². The van der Waals surface area contributed by atoms with Crippen molar-refractivity contribution >= 4 is 17.6 Å². The molecule has 3 aromatic rings. The van der Waals surface area contributed by atoms with Gasteiger partial charge in [0, 0.05) is 5.69 Å². The molecule has 0 saturated carbocycles. The largest absolute Gasteiger partial charge is 0.451 e. The maximum Gasteiger partial charge on any atom is 0.361 e. The molecule has 29 heavy (non-hydrogen) atoms. The number of nitrogens with zero attached hydrogens (tertiary/aromatic N) is 3. The standard InChI is InChI=1S/C22H24N4O3/c1-13-7-9-19(16(4)10-13)26-24-17(5)21(25-26)22(28)29-12-20(27)23-18-11-14(2)6-8-15(18)3/h6-11H,12H2,1-5H3,(H,23,27). The van der Waals surface area contributed by atoms with E-state index in [-0.39, 0.29) is 5.69 Å². The van der Waals surface area contributed by atoms with Crippen LogP contribution in [0.4, 0.5) is 5.69 Å². The number of nitrogens with one attached hydrogen (secondary N) is 1. The van der Waals surface area contributed by atoms with E-state index in [1.165, 1.54) is 4.80 Å². The highest BCUT2D eigenvalue weighted by Crippen LogP contribution is 2.17. The summed E-state index contributed by atoms with van der Waals surface area (Å²) in [5.41, 5.74) is 6.09. The van der Waals surface area contributed by atoms with Gasteiger partial charge in [-0.25, -0.2) is 4.79 Å². The summed E-state index contributed by atoms with van der Waals surface area (Å²) >= 11 is 0. The van der Waals surface area contributed by atoms with Gasteiger partial charge in [0.25, 0.3) is 5.91 Å². The molecule has 1 heterocycles. The highest BCUT2D eigenvalue weighted by molar-refractivity contribution is 5.95.